The Hall–Kier alpha value is -1.00. The first kappa shape index (κ1) is 14.0. The molecule has 1 aromatic rings. The molecule has 0 unspecified atom stereocenters. The molecule has 0 atom stereocenters. The van der Waals surface area contributed by atoms with E-state index in [-0.39, 0.29) is 5.92 Å². The Balaban J connectivity index is 0.000000921. The third-order valence-corrected chi connectivity index (χ3v) is 1.61. The number of hydrogen-bond donors (Lipinski definition) is 0. The monoisotopic (exact) mass is 222 g/mol. The Bertz CT molecular complexity index is 276. The summed E-state index contributed by atoms with van der Waals surface area (Å²) in [4.78, 5) is 3.86. The van der Waals surface area contributed by atoms with Gasteiger partial charge in [0.1, 0.15) is 6.54 Å². The topological polar surface area (TPSA) is 17.8 Å². The van der Waals surface area contributed by atoms with E-state index in [1.165, 1.54) is 12.5 Å². The van der Waals surface area contributed by atoms with Crippen molar-refractivity contribution in [2.45, 2.75) is 46.3 Å². The molecule has 1 aromatic heterocycles. The predicted molar refractivity (Wildman–Crippen MR) is 53.7 cm³/mol. The van der Waals surface area contributed by atoms with Crippen LogP contribution >= 0.6 is 0 Å². The lowest BCUT2D eigenvalue weighted by atomic mass is 10.2. The molecular formula is C10H17F3N2. The number of halogens is 3. The summed E-state index contributed by atoms with van der Waals surface area (Å²) in [5, 5.41) is 0. The third-order valence-electron chi connectivity index (χ3n) is 1.61. The van der Waals surface area contributed by atoms with Crippen LogP contribution in [-0.2, 0) is 6.54 Å². The molecule has 1 heterocycles. The Labute approximate surface area is 88.1 Å². The van der Waals surface area contributed by atoms with Crippen molar-refractivity contribution in [3.63, 3.8) is 0 Å². The first-order valence-electron chi connectivity index (χ1n) is 4.97. The Morgan fingerprint density at radius 3 is 2.20 bits per heavy atom. The van der Waals surface area contributed by atoms with E-state index in [1.807, 2.05) is 27.7 Å². The number of nitrogens with zero attached hydrogens (tertiary/aromatic N) is 2. The highest BCUT2D eigenvalue weighted by molar-refractivity contribution is 5.01. The fourth-order valence-corrected chi connectivity index (χ4v) is 0.969. The lowest BCUT2D eigenvalue weighted by Crippen LogP contribution is -2.16. The van der Waals surface area contributed by atoms with E-state index in [4.69, 9.17) is 0 Å². The molecule has 0 N–H and O–H groups in total. The average molecular weight is 222 g/mol. The molecule has 0 aliphatic carbocycles. The molecular weight excluding hydrogens is 205 g/mol. The van der Waals surface area contributed by atoms with Gasteiger partial charge in [-0.15, -0.1) is 0 Å². The molecule has 0 radical (unpaired) electrons. The molecule has 15 heavy (non-hydrogen) atoms. The molecule has 0 spiro atoms. The minimum absolute atomic E-state index is 0.162. The summed E-state index contributed by atoms with van der Waals surface area (Å²) >= 11 is 0. The predicted octanol–water partition coefficient (Wildman–Crippen LogP) is 3.60. The molecule has 88 valence electrons. The molecule has 0 aliphatic heterocycles. The maximum absolute atomic E-state index is 11.9. The van der Waals surface area contributed by atoms with Gasteiger partial charge in [0.05, 0.1) is 12.0 Å². The van der Waals surface area contributed by atoms with Crippen LogP contribution in [-0.4, -0.2) is 15.7 Å². The summed E-state index contributed by atoms with van der Waals surface area (Å²) in [5.74, 6) is 0.162. The van der Waals surface area contributed by atoms with Gasteiger partial charge in [0.15, 0.2) is 0 Å². The zero-order chi connectivity index (χ0) is 12.1. The van der Waals surface area contributed by atoms with E-state index in [0.717, 1.165) is 4.57 Å². The van der Waals surface area contributed by atoms with E-state index < -0.39 is 12.7 Å². The van der Waals surface area contributed by atoms with Crippen molar-refractivity contribution in [2.24, 2.45) is 0 Å². The van der Waals surface area contributed by atoms with Gasteiger partial charge in [0, 0.05) is 6.20 Å². The second-order valence-corrected chi connectivity index (χ2v) is 3.24. The van der Waals surface area contributed by atoms with Crippen LogP contribution in [0.3, 0.4) is 0 Å². The zero-order valence-electron chi connectivity index (χ0n) is 9.47. The van der Waals surface area contributed by atoms with Crippen molar-refractivity contribution in [1.82, 2.24) is 9.55 Å². The van der Waals surface area contributed by atoms with Gasteiger partial charge in [-0.1, -0.05) is 27.7 Å². The molecule has 1 rings (SSSR count). The number of imidazole rings is 1. The Kier molecular flexibility index (Phi) is 5.39. The van der Waals surface area contributed by atoms with Crippen LogP contribution in [0.25, 0.3) is 0 Å². The van der Waals surface area contributed by atoms with Crippen LogP contribution in [0.1, 0.15) is 39.3 Å². The van der Waals surface area contributed by atoms with Crippen molar-refractivity contribution in [1.29, 1.82) is 0 Å². The fraction of sp³-hybridized carbons (Fsp3) is 0.700. The third kappa shape index (κ3) is 5.44. The van der Waals surface area contributed by atoms with E-state index in [0.29, 0.717) is 5.69 Å². The fourth-order valence-electron chi connectivity index (χ4n) is 0.969. The van der Waals surface area contributed by atoms with Gasteiger partial charge in [-0.3, -0.25) is 0 Å². The first-order valence-corrected chi connectivity index (χ1v) is 4.97. The van der Waals surface area contributed by atoms with Crippen molar-refractivity contribution >= 4 is 0 Å². The second-order valence-electron chi connectivity index (χ2n) is 3.24. The lowest BCUT2D eigenvalue weighted by Gasteiger charge is -2.05. The van der Waals surface area contributed by atoms with E-state index in [9.17, 15) is 13.2 Å². The number of hydrogen-bond acceptors (Lipinski definition) is 1. The summed E-state index contributed by atoms with van der Waals surface area (Å²) in [6.07, 6.45) is -1.53. The highest BCUT2D eigenvalue weighted by Crippen LogP contribution is 2.18. The Morgan fingerprint density at radius 2 is 1.87 bits per heavy atom. The summed E-state index contributed by atoms with van der Waals surface area (Å²) < 4.78 is 36.8. The van der Waals surface area contributed by atoms with Crippen LogP contribution in [0.5, 0.6) is 0 Å². The van der Waals surface area contributed by atoms with Gasteiger partial charge in [0.25, 0.3) is 0 Å². The summed E-state index contributed by atoms with van der Waals surface area (Å²) in [5.41, 5.74) is 0.684. The number of aromatic nitrogens is 2. The highest BCUT2D eigenvalue weighted by atomic mass is 19.4. The highest BCUT2D eigenvalue weighted by Gasteiger charge is 2.27. The molecule has 0 bridgehead atoms. The normalized spacial score (nSPS) is 11.2. The van der Waals surface area contributed by atoms with Crippen LogP contribution < -0.4 is 0 Å². The molecule has 2 nitrogen and oxygen atoms in total. The zero-order valence-corrected chi connectivity index (χ0v) is 9.47. The van der Waals surface area contributed by atoms with Gasteiger partial charge in [0.2, 0.25) is 0 Å². The van der Waals surface area contributed by atoms with Crippen molar-refractivity contribution < 1.29 is 13.2 Å². The Morgan fingerprint density at radius 1 is 1.33 bits per heavy atom. The van der Waals surface area contributed by atoms with Gasteiger partial charge >= 0.3 is 6.18 Å². The van der Waals surface area contributed by atoms with Crippen LogP contribution in [0.15, 0.2) is 12.5 Å². The summed E-state index contributed by atoms with van der Waals surface area (Å²) in [6, 6.07) is 0. The largest absolute Gasteiger partial charge is 0.406 e. The average Bonchev–Trinajstić information content (AvgIpc) is 2.53. The molecule has 0 aliphatic rings. The molecule has 5 heteroatoms. The molecule has 0 saturated carbocycles. The quantitative estimate of drug-likeness (QED) is 0.747. The van der Waals surface area contributed by atoms with Crippen LogP contribution in [0, 0.1) is 0 Å². The summed E-state index contributed by atoms with van der Waals surface area (Å²) in [6.45, 7) is 6.81. The van der Waals surface area contributed by atoms with Crippen molar-refractivity contribution in [3.05, 3.63) is 18.2 Å². The lowest BCUT2D eigenvalue weighted by molar-refractivity contribution is -0.140. The van der Waals surface area contributed by atoms with Gasteiger partial charge in [-0.05, 0) is 5.92 Å². The van der Waals surface area contributed by atoms with Gasteiger partial charge in [-0.25, -0.2) is 4.98 Å². The summed E-state index contributed by atoms with van der Waals surface area (Å²) in [7, 11) is 0. The van der Waals surface area contributed by atoms with Crippen LogP contribution in [0.4, 0.5) is 13.2 Å². The van der Waals surface area contributed by atoms with E-state index >= 15 is 0 Å². The number of alkyl halides is 3. The second kappa shape index (κ2) is 5.78. The molecule has 0 amide bonds. The van der Waals surface area contributed by atoms with Gasteiger partial charge in [-0.2, -0.15) is 13.2 Å². The maximum Gasteiger partial charge on any atom is 0.406 e. The smallest absolute Gasteiger partial charge is 0.328 e. The standard InChI is InChI=1S/C8H11F3N2.C2H6/c1-6(2)7-3-13(5-12-7)4-8(9,10)11;1-2/h3,5-6H,4H2,1-2H3;1-2H3. The minimum Gasteiger partial charge on any atom is -0.328 e. The van der Waals surface area contributed by atoms with E-state index in [1.54, 1.807) is 0 Å². The molecule has 0 fully saturated rings. The first-order chi connectivity index (χ1) is 6.88. The maximum atomic E-state index is 11.9. The minimum atomic E-state index is -4.17. The van der Waals surface area contributed by atoms with E-state index in [2.05, 4.69) is 4.98 Å². The SMILES string of the molecule is CC.CC(C)c1cn(CC(F)(F)F)cn1. The number of rotatable bonds is 2. The van der Waals surface area contributed by atoms with Crippen LogP contribution in [0.2, 0.25) is 0 Å². The molecule has 0 aromatic carbocycles. The van der Waals surface area contributed by atoms with Crippen molar-refractivity contribution in [3.8, 4) is 0 Å². The van der Waals surface area contributed by atoms with Gasteiger partial charge < -0.3 is 4.57 Å². The van der Waals surface area contributed by atoms with Crippen molar-refractivity contribution in [2.75, 3.05) is 0 Å². The molecule has 0 saturated heterocycles.